The number of nitrogens with one attached hydrogen (secondary N) is 1. The summed E-state index contributed by atoms with van der Waals surface area (Å²) >= 11 is 0. The van der Waals surface area contributed by atoms with Gasteiger partial charge in [0.25, 0.3) is 0 Å². The van der Waals surface area contributed by atoms with E-state index in [1.54, 1.807) is 12.4 Å². The van der Waals surface area contributed by atoms with Crippen LogP contribution in [0.25, 0.3) is 0 Å². The minimum absolute atomic E-state index is 0. The first-order valence-corrected chi connectivity index (χ1v) is 5.65. The summed E-state index contributed by atoms with van der Waals surface area (Å²) in [5, 5.41) is 7.37. The Morgan fingerprint density at radius 1 is 1.11 bits per heavy atom. The highest BCUT2D eigenvalue weighted by molar-refractivity contribution is 5.95. The number of nitrogens with two attached hydrogens (primary N) is 1. The molecule has 0 aliphatic rings. The average Bonchev–Trinajstić information content (AvgIpc) is 2.40. The number of hydrogen-bond acceptors (Lipinski definition) is 3. The van der Waals surface area contributed by atoms with Gasteiger partial charge in [-0.1, -0.05) is 18.2 Å². The fourth-order valence-corrected chi connectivity index (χ4v) is 1.59. The van der Waals surface area contributed by atoms with Gasteiger partial charge in [0, 0.05) is 18.0 Å². The number of ether oxygens (including phenoxy) is 1. The van der Waals surface area contributed by atoms with Gasteiger partial charge in [-0.2, -0.15) is 0 Å². The van der Waals surface area contributed by atoms with Gasteiger partial charge in [-0.3, -0.25) is 10.4 Å². The van der Waals surface area contributed by atoms with E-state index in [-0.39, 0.29) is 18.2 Å². The van der Waals surface area contributed by atoms with E-state index in [1.165, 1.54) is 0 Å². The Labute approximate surface area is 118 Å². The van der Waals surface area contributed by atoms with Crippen LogP contribution in [0.15, 0.2) is 48.8 Å². The molecule has 0 atom stereocenters. The van der Waals surface area contributed by atoms with E-state index in [1.807, 2.05) is 36.4 Å². The fraction of sp³-hybridized carbons (Fsp3) is 0.143. The van der Waals surface area contributed by atoms with Crippen molar-refractivity contribution in [3.63, 3.8) is 0 Å². The summed E-state index contributed by atoms with van der Waals surface area (Å²) in [5.41, 5.74) is 8.26. The minimum Gasteiger partial charge on any atom is -0.384 e. The third-order valence-electron chi connectivity index (χ3n) is 2.52. The van der Waals surface area contributed by atoms with E-state index >= 15 is 0 Å². The van der Waals surface area contributed by atoms with E-state index < -0.39 is 0 Å². The van der Waals surface area contributed by atoms with Crippen LogP contribution in [-0.2, 0) is 18.0 Å². The van der Waals surface area contributed by atoms with Crippen molar-refractivity contribution in [3.05, 3.63) is 65.5 Å². The number of rotatable bonds is 5. The molecule has 0 saturated carbocycles. The lowest BCUT2D eigenvalue weighted by Crippen LogP contribution is -2.11. The zero-order valence-corrected chi connectivity index (χ0v) is 11.2. The van der Waals surface area contributed by atoms with Crippen LogP contribution in [0, 0.1) is 5.41 Å². The molecule has 0 spiro atoms. The first-order valence-electron chi connectivity index (χ1n) is 5.65. The number of amidine groups is 1. The molecule has 1 heterocycles. The van der Waals surface area contributed by atoms with Crippen molar-refractivity contribution in [2.45, 2.75) is 13.2 Å². The molecule has 3 N–H and O–H groups in total. The maximum Gasteiger partial charge on any atom is 0.122 e. The highest BCUT2D eigenvalue weighted by Crippen LogP contribution is 2.08. The number of benzene rings is 1. The third kappa shape index (κ3) is 4.69. The highest BCUT2D eigenvalue weighted by Gasteiger charge is 1.99. The minimum atomic E-state index is 0. The van der Waals surface area contributed by atoms with Crippen molar-refractivity contribution in [2.24, 2.45) is 5.73 Å². The van der Waals surface area contributed by atoms with Crippen molar-refractivity contribution in [2.75, 3.05) is 0 Å². The molecule has 1 aromatic heterocycles. The predicted molar refractivity (Wildman–Crippen MR) is 77.4 cm³/mol. The van der Waals surface area contributed by atoms with Crippen molar-refractivity contribution in [3.8, 4) is 0 Å². The Morgan fingerprint density at radius 2 is 1.79 bits per heavy atom. The summed E-state index contributed by atoms with van der Waals surface area (Å²) in [7, 11) is 0. The average molecular weight is 278 g/mol. The van der Waals surface area contributed by atoms with Crippen LogP contribution in [0.3, 0.4) is 0 Å². The van der Waals surface area contributed by atoms with Crippen molar-refractivity contribution in [1.82, 2.24) is 4.98 Å². The second kappa shape index (κ2) is 7.51. The van der Waals surface area contributed by atoms with Gasteiger partial charge in [-0.25, -0.2) is 0 Å². The maximum absolute atomic E-state index is 7.37. The fourth-order valence-electron chi connectivity index (χ4n) is 1.59. The molecule has 1 aromatic carbocycles. The van der Waals surface area contributed by atoms with E-state index in [0.717, 1.165) is 16.7 Å². The van der Waals surface area contributed by atoms with E-state index in [0.29, 0.717) is 13.2 Å². The van der Waals surface area contributed by atoms with Gasteiger partial charge in [0.1, 0.15) is 5.84 Å². The number of nitrogens with zero attached hydrogens (tertiary/aromatic N) is 1. The molecular formula is C14H16ClN3O. The SMILES string of the molecule is Cl.N=C(N)c1cccc(COCc2ccncc2)c1. The molecule has 5 heteroatoms. The molecule has 0 fully saturated rings. The smallest absolute Gasteiger partial charge is 0.122 e. The second-order valence-corrected chi connectivity index (χ2v) is 3.96. The van der Waals surface area contributed by atoms with Gasteiger partial charge >= 0.3 is 0 Å². The number of hydrogen-bond donors (Lipinski definition) is 2. The van der Waals surface area contributed by atoms with Crippen molar-refractivity contribution in [1.29, 1.82) is 5.41 Å². The Morgan fingerprint density at radius 3 is 2.47 bits per heavy atom. The Bertz CT molecular complexity index is 531. The van der Waals surface area contributed by atoms with Gasteiger partial charge in [0.15, 0.2) is 0 Å². The van der Waals surface area contributed by atoms with Crippen molar-refractivity contribution >= 4 is 18.2 Å². The molecular weight excluding hydrogens is 262 g/mol. The zero-order chi connectivity index (χ0) is 12.8. The monoisotopic (exact) mass is 277 g/mol. The van der Waals surface area contributed by atoms with Gasteiger partial charge in [-0.15, -0.1) is 12.4 Å². The standard InChI is InChI=1S/C14H15N3O.ClH/c15-14(16)13-3-1-2-12(8-13)10-18-9-11-4-6-17-7-5-11;/h1-8H,9-10H2,(H3,15,16);1H. The number of aromatic nitrogens is 1. The Balaban J connectivity index is 0.00000180. The lowest BCUT2D eigenvalue weighted by atomic mass is 10.1. The zero-order valence-electron chi connectivity index (χ0n) is 10.4. The first kappa shape index (κ1) is 15.1. The van der Waals surface area contributed by atoms with E-state index in [2.05, 4.69) is 4.98 Å². The predicted octanol–water partition coefficient (Wildman–Crippen LogP) is 2.50. The molecule has 4 nitrogen and oxygen atoms in total. The molecule has 2 aromatic rings. The summed E-state index contributed by atoms with van der Waals surface area (Å²) in [4.78, 5) is 3.95. The molecule has 0 radical (unpaired) electrons. The lowest BCUT2D eigenvalue weighted by Gasteiger charge is -2.06. The second-order valence-electron chi connectivity index (χ2n) is 3.96. The van der Waals surface area contributed by atoms with E-state index in [9.17, 15) is 0 Å². The van der Waals surface area contributed by atoms with Crippen LogP contribution in [0.4, 0.5) is 0 Å². The summed E-state index contributed by atoms with van der Waals surface area (Å²) in [5.74, 6) is 0.0750. The number of pyridine rings is 1. The van der Waals surface area contributed by atoms with Crippen LogP contribution < -0.4 is 5.73 Å². The van der Waals surface area contributed by atoms with Gasteiger partial charge in [0.2, 0.25) is 0 Å². The summed E-state index contributed by atoms with van der Waals surface area (Å²) in [6.45, 7) is 1.05. The summed E-state index contributed by atoms with van der Waals surface area (Å²) in [6.07, 6.45) is 3.49. The normalized spacial score (nSPS) is 9.68. The topological polar surface area (TPSA) is 72.0 Å². The van der Waals surface area contributed by atoms with Crippen LogP contribution in [-0.4, -0.2) is 10.8 Å². The first-order chi connectivity index (χ1) is 8.75. The van der Waals surface area contributed by atoms with Gasteiger partial charge < -0.3 is 10.5 Å². The van der Waals surface area contributed by atoms with Crippen LogP contribution in [0.5, 0.6) is 0 Å². The molecule has 19 heavy (non-hydrogen) atoms. The van der Waals surface area contributed by atoms with Crippen LogP contribution in [0.1, 0.15) is 16.7 Å². The van der Waals surface area contributed by atoms with Gasteiger partial charge in [0.05, 0.1) is 13.2 Å². The summed E-state index contributed by atoms with van der Waals surface area (Å²) in [6, 6.07) is 11.4. The molecule has 2 rings (SSSR count). The third-order valence-corrected chi connectivity index (χ3v) is 2.52. The largest absolute Gasteiger partial charge is 0.384 e. The number of halogens is 1. The van der Waals surface area contributed by atoms with Crippen LogP contribution in [0.2, 0.25) is 0 Å². The molecule has 0 bridgehead atoms. The molecule has 0 unspecified atom stereocenters. The molecule has 0 aliphatic heterocycles. The van der Waals surface area contributed by atoms with Crippen molar-refractivity contribution < 1.29 is 4.74 Å². The van der Waals surface area contributed by atoms with E-state index in [4.69, 9.17) is 15.9 Å². The summed E-state index contributed by atoms with van der Waals surface area (Å²) < 4.78 is 5.60. The van der Waals surface area contributed by atoms with Crippen LogP contribution >= 0.6 is 12.4 Å². The number of nitrogen functional groups attached to an aromatic ring is 1. The molecule has 0 aliphatic carbocycles. The lowest BCUT2D eigenvalue weighted by molar-refractivity contribution is 0.107. The molecule has 0 saturated heterocycles. The molecule has 100 valence electrons. The quantitative estimate of drug-likeness (QED) is 0.651. The highest BCUT2D eigenvalue weighted by atomic mass is 35.5. The Hall–Kier alpha value is -1.91. The Kier molecular flexibility index (Phi) is 5.99. The molecule has 0 amide bonds. The maximum atomic E-state index is 7.37. The van der Waals surface area contributed by atoms with Gasteiger partial charge in [-0.05, 0) is 29.3 Å².